The lowest BCUT2D eigenvalue weighted by molar-refractivity contribution is -0.121. The number of Topliss-reactive ketones (excluding diaryl/α,β-unsaturated/α-hetero) is 1. The molecule has 0 unspecified atom stereocenters. The summed E-state index contributed by atoms with van der Waals surface area (Å²) in [6.45, 7) is 4.01. The standard InChI is InChI=1S/C26H23N3O/c1-17-22-13-14-23-25(28-18(2)29(23)21-11-7-4-8-12-21)26(22,15-19(16-27)24(17)30)20-9-5-3-6-10-20/h3-12,15,17,22H,13-14H2,1-2H3/t17-,22-,26+/m0/s1. The van der Waals surface area contributed by atoms with Crippen LogP contribution in [0.15, 0.2) is 72.3 Å². The minimum atomic E-state index is -0.571. The van der Waals surface area contributed by atoms with Gasteiger partial charge in [0.2, 0.25) is 0 Å². The summed E-state index contributed by atoms with van der Waals surface area (Å²) in [5.41, 5.74) is 4.03. The molecule has 5 rings (SSSR count). The summed E-state index contributed by atoms with van der Waals surface area (Å²) in [4.78, 5) is 18.0. The van der Waals surface area contributed by atoms with Crippen molar-refractivity contribution < 1.29 is 4.79 Å². The van der Waals surface area contributed by atoms with Gasteiger partial charge < -0.3 is 4.57 Å². The van der Waals surface area contributed by atoms with Crippen LogP contribution in [-0.4, -0.2) is 15.3 Å². The monoisotopic (exact) mass is 393 g/mol. The van der Waals surface area contributed by atoms with Crippen LogP contribution in [0.5, 0.6) is 0 Å². The van der Waals surface area contributed by atoms with Gasteiger partial charge in [0.15, 0.2) is 5.78 Å². The highest BCUT2D eigenvalue weighted by molar-refractivity contribution is 6.02. The maximum Gasteiger partial charge on any atom is 0.176 e. The van der Waals surface area contributed by atoms with Gasteiger partial charge in [0, 0.05) is 17.3 Å². The molecule has 2 aromatic carbocycles. The highest BCUT2D eigenvalue weighted by Crippen LogP contribution is 2.53. The van der Waals surface area contributed by atoms with Crippen molar-refractivity contribution >= 4 is 5.78 Å². The van der Waals surface area contributed by atoms with E-state index in [1.807, 2.05) is 56.3 Å². The van der Waals surface area contributed by atoms with Crippen LogP contribution >= 0.6 is 0 Å². The molecular formula is C26H23N3O. The third-order valence-electron chi connectivity index (χ3n) is 6.85. The molecule has 0 spiro atoms. The first-order valence-electron chi connectivity index (χ1n) is 10.4. The van der Waals surface area contributed by atoms with Gasteiger partial charge in [-0.05, 0) is 49.5 Å². The number of carbonyl (C=O) groups is 1. The minimum Gasteiger partial charge on any atom is -0.301 e. The predicted octanol–water partition coefficient (Wildman–Crippen LogP) is 4.70. The number of hydrogen-bond donors (Lipinski definition) is 0. The maximum absolute atomic E-state index is 12.9. The lowest BCUT2D eigenvalue weighted by Gasteiger charge is -2.47. The smallest absolute Gasteiger partial charge is 0.176 e. The fourth-order valence-electron chi connectivity index (χ4n) is 5.54. The van der Waals surface area contributed by atoms with Crippen molar-refractivity contribution in [3.8, 4) is 11.8 Å². The van der Waals surface area contributed by atoms with E-state index in [0.29, 0.717) is 0 Å². The number of fused-ring (bicyclic) bond motifs is 3. The zero-order chi connectivity index (χ0) is 20.9. The van der Waals surface area contributed by atoms with Crippen LogP contribution < -0.4 is 0 Å². The van der Waals surface area contributed by atoms with E-state index in [1.165, 1.54) is 5.69 Å². The van der Waals surface area contributed by atoms with E-state index in [9.17, 15) is 10.1 Å². The third-order valence-corrected chi connectivity index (χ3v) is 6.85. The van der Waals surface area contributed by atoms with Crippen molar-refractivity contribution in [1.82, 2.24) is 9.55 Å². The van der Waals surface area contributed by atoms with Gasteiger partial charge in [-0.3, -0.25) is 4.79 Å². The molecular weight excluding hydrogens is 370 g/mol. The molecule has 1 heterocycles. The van der Waals surface area contributed by atoms with Crippen molar-refractivity contribution in [3.63, 3.8) is 0 Å². The van der Waals surface area contributed by atoms with Gasteiger partial charge in [-0.2, -0.15) is 5.26 Å². The Kier molecular flexibility index (Phi) is 4.22. The van der Waals surface area contributed by atoms with Crippen LogP contribution in [0, 0.1) is 30.1 Å². The Labute approximate surface area is 176 Å². The number of para-hydroxylation sites is 1. The molecule has 3 atom stereocenters. The Morgan fingerprint density at radius 1 is 1.10 bits per heavy atom. The molecule has 0 saturated heterocycles. The average Bonchev–Trinajstić information content (AvgIpc) is 3.13. The molecule has 0 fully saturated rings. The lowest BCUT2D eigenvalue weighted by Crippen LogP contribution is -2.48. The van der Waals surface area contributed by atoms with E-state index >= 15 is 0 Å². The summed E-state index contributed by atoms with van der Waals surface area (Å²) >= 11 is 0. The zero-order valence-electron chi connectivity index (χ0n) is 17.2. The Balaban J connectivity index is 1.85. The molecule has 0 saturated carbocycles. The van der Waals surface area contributed by atoms with Crippen molar-refractivity contribution in [1.29, 1.82) is 5.26 Å². The highest BCUT2D eigenvalue weighted by Gasteiger charge is 2.53. The van der Waals surface area contributed by atoms with Crippen molar-refractivity contribution in [3.05, 3.63) is 95.1 Å². The Morgan fingerprint density at radius 3 is 2.43 bits per heavy atom. The van der Waals surface area contributed by atoms with Crippen LogP contribution in [0.1, 0.15) is 36.1 Å². The molecule has 2 aliphatic carbocycles. The summed E-state index contributed by atoms with van der Waals surface area (Å²) in [5.74, 6) is 0.742. The normalized spacial score (nSPS) is 25.1. The van der Waals surface area contributed by atoms with E-state index < -0.39 is 5.41 Å². The second kappa shape index (κ2) is 6.81. The van der Waals surface area contributed by atoms with Crippen molar-refractivity contribution in [2.24, 2.45) is 11.8 Å². The summed E-state index contributed by atoms with van der Waals surface area (Å²) in [5, 5.41) is 9.75. The number of imidazole rings is 1. The van der Waals surface area contributed by atoms with Crippen LogP contribution in [0.3, 0.4) is 0 Å². The van der Waals surface area contributed by atoms with E-state index in [4.69, 9.17) is 4.98 Å². The molecule has 30 heavy (non-hydrogen) atoms. The molecule has 0 N–H and O–H groups in total. The Bertz CT molecular complexity index is 1200. The molecule has 0 bridgehead atoms. The average molecular weight is 393 g/mol. The number of nitriles is 1. The summed E-state index contributed by atoms with van der Waals surface area (Å²) in [6, 6.07) is 22.7. The SMILES string of the molecule is Cc1nc2c(n1-c1ccccc1)CC[C@H]1[C@H](C)C(=O)C(C#N)=C[C@]21c1ccccc1. The Hall–Kier alpha value is -3.45. The number of carbonyl (C=O) groups excluding carboxylic acids is 1. The first-order valence-corrected chi connectivity index (χ1v) is 10.4. The van der Waals surface area contributed by atoms with Gasteiger partial charge in [0.25, 0.3) is 0 Å². The molecule has 148 valence electrons. The van der Waals surface area contributed by atoms with Gasteiger partial charge in [-0.1, -0.05) is 55.5 Å². The van der Waals surface area contributed by atoms with Gasteiger partial charge >= 0.3 is 0 Å². The number of aromatic nitrogens is 2. The fourth-order valence-corrected chi connectivity index (χ4v) is 5.54. The van der Waals surface area contributed by atoms with E-state index in [0.717, 1.165) is 35.6 Å². The molecule has 1 aromatic heterocycles. The maximum atomic E-state index is 12.9. The number of allylic oxidation sites excluding steroid dienone is 2. The first kappa shape index (κ1) is 18.6. The van der Waals surface area contributed by atoms with Gasteiger partial charge in [-0.15, -0.1) is 0 Å². The number of rotatable bonds is 2. The van der Waals surface area contributed by atoms with Gasteiger partial charge in [0.05, 0.1) is 16.7 Å². The largest absolute Gasteiger partial charge is 0.301 e. The fraction of sp³-hybridized carbons (Fsp3) is 0.269. The van der Waals surface area contributed by atoms with Crippen molar-refractivity contribution in [2.75, 3.05) is 0 Å². The van der Waals surface area contributed by atoms with E-state index in [2.05, 4.69) is 34.9 Å². The Morgan fingerprint density at radius 2 is 1.77 bits per heavy atom. The number of benzene rings is 2. The zero-order valence-corrected chi connectivity index (χ0v) is 17.2. The topological polar surface area (TPSA) is 58.7 Å². The van der Waals surface area contributed by atoms with Crippen LogP contribution in [0.2, 0.25) is 0 Å². The molecule has 4 heteroatoms. The predicted molar refractivity (Wildman–Crippen MR) is 115 cm³/mol. The molecule has 0 amide bonds. The lowest BCUT2D eigenvalue weighted by atomic mass is 9.55. The second-order valence-corrected chi connectivity index (χ2v) is 8.33. The molecule has 0 radical (unpaired) electrons. The van der Waals surface area contributed by atoms with E-state index in [-0.39, 0.29) is 23.2 Å². The van der Waals surface area contributed by atoms with E-state index in [1.54, 1.807) is 0 Å². The van der Waals surface area contributed by atoms with Gasteiger partial charge in [-0.25, -0.2) is 4.98 Å². The summed E-state index contributed by atoms with van der Waals surface area (Å²) in [7, 11) is 0. The summed E-state index contributed by atoms with van der Waals surface area (Å²) < 4.78 is 2.23. The van der Waals surface area contributed by atoms with Crippen LogP contribution in [0.4, 0.5) is 0 Å². The number of ketones is 1. The van der Waals surface area contributed by atoms with Crippen LogP contribution in [-0.2, 0) is 16.6 Å². The summed E-state index contributed by atoms with van der Waals surface area (Å²) in [6.07, 6.45) is 3.65. The van der Waals surface area contributed by atoms with Crippen LogP contribution in [0.25, 0.3) is 5.69 Å². The number of aryl methyl sites for hydroxylation is 1. The third kappa shape index (κ3) is 2.45. The molecule has 0 aliphatic heterocycles. The quantitative estimate of drug-likeness (QED) is 0.634. The molecule has 4 nitrogen and oxygen atoms in total. The number of nitrogens with zero attached hydrogens (tertiary/aromatic N) is 3. The first-order chi connectivity index (χ1) is 14.6. The molecule has 2 aliphatic rings. The second-order valence-electron chi connectivity index (χ2n) is 8.33. The number of hydrogen-bond acceptors (Lipinski definition) is 3. The van der Waals surface area contributed by atoms with Crippen molar-refractivity contribution in [2.45, 2.75) is 32.1 Å². The minimum absolute atomic E-state index is 0.0447. The highest BCUT2D eigenvalue weighted by atomic mass is 16.1. The van der Waals surface area contributed by atoms with Gasteiger partial charge in [0.1, 0.15) is 11.9 Å². The molecule has 3 aromatic rings.